The number of hydrogen-bond acceptors (Lipinski definition) is 2. The van der Waals surface area contributed by atoms with Crippen LogP contribution in [0.15, 0.2) is 0 Å². The van der Waals surface area contributed by atoms with Crippen molar-refractivity contribution in [3.05, 3.63) is 0 Å². The van der Waals surface area contributed by atoms with Crippen LogP contribution in [0.25, 0.3) is 0 Å². The van der Waals surface area contributed by atoms with E-state index in [2.05, 4.69) is 19.2 Å². The molecule has 0 radical (unpaired) electrons. The molecule has 76 valence electrons. The second-order valence-corrected chi connectivity index (χ2v) is 4.28. The minimum atomic E-state index is -0.759. The lowest BCUT2D eigenvalue weighted by molar-refractivity contribution is -0.136. The van der Waals surface area contributed by atoms with Crippen LogP contribution in [0.2, 0.25) is 0 Å². The molecule has 0 heterocycles. The van der Waals surface area contributed by atoms with Crippen molar-refractivity contribution < 1.29 is 9.90 Å². The minimum absolute atomic E-state index is 0.0989. The molecule has 1 aliphatic rings. The predicted molar refractivity (Wildman–Crippen MR) is 51.6 cm³/mol. The van der Waals surface area contributed by atoms with Gasteiger partial charge in [-0.2, -0.15) is 0 Å². The van der Waals surface area contributed by atoms with Crippen LogP contribution in [0.5, 0.6) is 0 Å². The minimum Gasteiger partial charge on any atom is -0.480 e. The molecule has 0 saturated heterocycles. The van der Waals surface area contributed by atoms with Gasteiger partial charge in [0, 0.05) is 6.04 Å². The number of rotatable bonds is 3. The average Bonchev–Trinajstić information content (AvgIpc) is 2.06. The van der Waals surface area contributed by atoms with Crippen LogP contribution in [0.3, 0.4) is 0 Å². The SMILES string of the molecule is CC1CCC(C)C(NCC(=O)O)C1. The number of carboxylic acids is 1. The zero-order valence-corrected chi connectivity index (χ0v) is 8.42. The van der Waals surface area contributed by atoms with Crippen LogP contribution in [0.1, 0.15) is 33.1 Å². The summed E-state index contributed by atoms with van der Waals surface area (Å²) in [5, 5.41) is 11.6. The summed E-state index contributed by atoms with van der Waals surface area (Å²) in [6.45, 7) is 4.54. The normalized spacial score (nSPS) is 34.5. The molecule has 1 aliphatic carbocycles. The van der Waals surface area contributed by atoms with E-state index in [-0.39, 0.29) is 6.54 Å². The van der Waals surface area contributed by atoms with E-state index < -0.39 is 5.97 Å². The van der Waals surface area contributed by atoms with Crippen molar-refractivity contribution in [2.75, 3.05) is 6.54 Å². The van der Waals surface area contributed by atoms with E-state index in [1.165, 1.54) is 12.8 Å². The summed E-state index contributed by atoms with van der Waals surface area (Å²) in [6.07, 6.45) is 3.62. The van der Waals surface area contributed by atoms with Gasteiger partial charge >= 0.3 is 5.97 Å². The maximum absolute atomic E-state index is 10.4. The van der Waals surface area contributed by atoms with Gasteiger partial charge in [-0.3, -0.25) is 4.79 Å². The summed E-state index contributed by atoms with van der Waals surface area (Å²) in [4.78, 5) is 10.4. The molecule has 0 aromatic heterocycles. The van der Waals surface area contributed by atoms with E-state index in [1.54, 1.807) is 0 Å². The van der Waals surface area contributed by atoms with Crippen molar-refractivity contribution in [3.8, 4) is 0 Å². The molecule has 0 amide bonds. The van der Waals surface area contributed by atoms with Gasteiger partial charge in [0.2, 0.25) is 0 Å². The molecule has 1 fully saturated rings. The molecule has 0 aromatic carbocycles. The van der Waals surface area contributed by atoms with E-state index in [9.17, 15) is 4.79 Å². The Hall–Kier alpha value is -0.570. The van der Waals surface area contributed by atoms with Crippen LogP contribution in [0.4, 0.5) is 0 Å². The highest BCUT2D eigenvalue weighted by atomic mass is 16.4. The molecule has 3 unspecified atom stereocenters. The summed E-state index contributed by atoms with van der Waals surface area (Å²) < 4.78 is 0. The lowest BCUT2D eigenvalue weighted by Crippen LogP contribution is -2.41. The Labute approximate surface area is 79.5 Å². The lowest BCUT2D eigenvalue weighted by atomic mass is 9.80. The Morgan fingerprint density at radius 1 is 1.46 bits per heavy atom. The summed E-state index contributed by atoms with van der Waals surface area (Å²) in [5.41, 5.74) is 0. The molecule has 3 atom stereocenters. The largest absolute Gasteiger partial charge is 0.480 e. The van der Waals surface area contributed by atoms with E-state index in [4.69, 9.17) is 5.11 Å². The highest BCUT2D eigenvalue weighted by molar-refractivity contribution is 5.69. The summed E-state index contributed by atoms with van der Waals surface area (Å²) in [5.74, 6) is 0.600. The third kappa shape index (κ3) is 3.35. The lowest BCUT2D eigenvalue weighted by Gasteiger charge is -2.33. The highest BCUT2D eigenvalue weighted by Gasteiger charge is 2.25. The van der Waals surface area contributed by atoms with Crippen molar-refractivity contribution in [2.24, 2.45) is 11.8 Å². The van der Waals surface area contributed by atoms with E-state index >= 15 is 0 Å². The van der Waals surface area contributed by atoms with E-state index in [0.29, 0.717) is 12.0 Å². The van der Waals surface area contributed by atoms with Gasteiger partial charge in [0.15, 0.2) is 0 Å². The topological polar surface area (TPSA) is 49.3 Å². The number of carbonyl (C=O) groups is 1. The fraction of sp³-hybridized carbons (Fsp3) is 0.900. The molecular formula is C10H19NO2. The van der Waals surface area contributed by atoms with Gasteiger partial charge in [-0.1, -0.05) is 20.3 Å². The molecule has 1 saturated carbocycles. The van der Waals surface area contributed by atoms with E-state index in [0.717, 1.165) is 12.3 Å². The van der Waals surface area contributed by atoms with Gasteiger partial charge < -0.3 is 10.4 Å². The Bertz CT molecular complexity index is 182. The number of carboxylic acid groups (broad SMARTS) is 1. The first-order valence-electron chi connectivity index (χ1n) is 5.04. The van der Waals surface area contributed by atoms with Gasteiger partial charge in [0.1, 0.15) is 0 Å². The molecular weight excluding hydrogens is 166 g/mol. The van der Waals surface area contributed by atoms with Gasteiger partial charge in [0.05, 0.1) is 6.54 Å². The molecule has 3 nitrogen and oxygen atoms in total. The zero-order chi connectivity index (χ0) is 9.84. The van der Waals surface area contributed by atoms with Gasteiger partial charge in [0.25, 0.3) is 0 Å². The monoisotopic (exact) mass is 185 g/mol. The predicted octanol–water partition coefficient (Wildman–Crippen LogP) is 1.49. The van der Waals surface area contributed by atoms with Gasteiger partial charge in [-0.25, -0.2) is 0 Å². The van der Waals surface area contributed by atoms with Gasteiger partial charge in [-0.05, 0) is 24.7 Å². The standard InChI is InChI=1S/C10H19NO2/c1-7-3-4-8(2)9(5-7)11-6-10(12)13/h7-9,11H,3-6H2,1-2H3,(H,12,13). The first kappa shape index (κ1) is 10.5. The van der Waals surface area contributed by atoms with Crippen molar-refractivity contribution >= 4 is 5.97 Å². The molecule has 13 heavy (non-hydrogen) atoms. The maximum atomic E-state index is 10.4. The summed E-state index contributed by atoms with van der Waals surface area (Å²) in [7, 11) is 0. The van der Waals surface area contributed by atoms with Crippen molar-refractivity contribution in [2.45, 2.75) is 39.2 Å². The highest BCUT2D eigenvalue weighted by Crippen LogP contribution is 2.28. The first-order valence-corrected chi connectivity index (χ1v) is 5.04. The second kappa shape index (κ2) is 4.61. The molecule has 0 spiro atoms. The number of aliphatic carboxylic acids is 1. The van der Waals surface area contributed by atoms with Gasteiger partial charge in [-0.15, -0.1) is 0 Å². The smallest absolute Gasteiger partial charge is 0.317 e. The third-order valence-electron chi connectivity index (χ3n) is 2.97. The summed E-state index contributed by atoms with van der Waals surface area (Å²) in [6, 6.07) is 0.403. The Morgan fingerprint density at radius 2 is 2.15 bits per heavy atom. The molecule has 1 rings (SSSR count). The fourth-order valence-corrected chi connectivity index (χ4v) is 2.04. The Morgan fingerprint density at radius 3 is 2.77 bits per heavy atom. The van der Waals surface area contributed by atoms with Crippen LogP contribution < -0.4 is 5.32 Å². The van der Waals surface area contributed by atoms with Crippen molar-refractivity contribution in [1.82, 2.24) is 5.32 Å². The second-order valence-electron chi connectivity index (χ2n) is 4.28. The van der Waals surface area contributed by atoms with Crippen LogP contribution >= 0.6 is 0 Å². The maximum Gasteiger partial charge on any atom is 0.317 e. The number of hydrogen-bond donors (Lipinski definition) is 2. The zero-order valence-electron chi connectivity index (χ0n) is 8.42. The molecule has 0 aromatic rings. The first-order chi connectivity index (χ1) is 6.09. The molecule has 2 N–H and O–H groups in total. The number of nitrogens with one attached hydrogen (secondary N) is 1. The van der Waals surface area contributed by atoms with Crippen LogP contribution in [-0.2, 0) is 4.79 Å². The Kier molecular flexibility index (Phi) is 3.72. The third-order valence-corrected chi connectivity index (χ3v) is 2.97. The molecule has 3 heteroatoms. The van der Waals surface area contributed by atoms with Crippen LogP contribution in [-0.4, -0.2) is 23.7 Å². The van der Waals surface area contributed by atoms with Crippen molar-refractivity contribution in [1.29, 1.82) is 0 Å². The average molecular weight is 185 g/mol. The van der Waals surface area contributed by atoms with E-state index in [1.807, 2.05) is 0 Å². The quantitative estimate of drug-likeness (QED) is 0.700. The summed E-state index contributed by atoms with van der Waals surface area (Å²) >= 11 is 0. The van der Waals surface area contributed by atoms with Crippen molar-refractivity contribution in [3.63, 3.8) is 0 Å². The van der Waals surface area contributed by atoms with Crippen LogP contribution in [0, 0.1) is 11.8 Å². The fourth-order valence-electron chi connectivity index (χ4n) is 2.04. The molecule has 0 aliphatic heterocycles. The Balaban J connectivity index is 2.33. The molecule has 0 bridgehead atoms.